The van der Waals surface area contributed by atoms with Crippen molar-refractivity contribution in [2.24, 2.45) is 0 Å². The zero-order valence-corrected chi connectivity index (χ0v) is 18.6. The van der Waals surface area contributed by atoms with Crippen molar-refractivity contribution in [2.75, 3.05) is 20.3 Å². The molecule has 166 valence electrons. The molecular formula is C25H32N2O4. The predicted molar refractivity (Wildman–Crippen MR) is 121 cm³/mol. The molecule has 0 radical (unpaired) electrons. The van der Waals surface area contributed by atoms with Crippen molar-refractivity contribution in [1.29, 1.82) is 0 Å². The maximum absolute atomic E-state index is 12.9. The molecule has 2 aromatic carbocycles. The molecule has 0 atom stereocenters. The van der Waals surface area contributed by atoms with E-state index in [1.165, 1.54) is 25.5 Å². The Balaban J connectivity index is 1.65. The number of rotatable bonds is 9. The zero-order valence-electron chi connectivity index (χ0n) is 18.6. The summed E-state index contributed by atoms with van der Waals surface area (Å²) in [5, 5.41) is 5.90. The van der Waals surface area contributed by atoms with Crippen molar-refractivity contribution >= 4 is 11.8 Å². The van der Waals surface area contributed by atoms with Crippen molar-refractivity contribution in [3.8, 4) is 11.5 Å². The van der Waals surface area contributed by atoms with Gasteiger partial charge in [-0.3, -0.25) is 9.59 Å². The van der Waals surface area contributed by atoms with Gasteiger partial charge in [-0.15, -0.1) is 0 Å². The Bertz CT molecular complexity index is 890. The zero-order chi connectivity index (χ0) is 22.3. The van der Waals surface area contributed by atoms with Crippen molar-refractivity contribution in [3.63, 3.8) is 0 Å². The van der Waals surface area contributed by atoms with Gasteiger partial charge in [-0.05, 0) is 50.5 Å². The predicted octanol–water partition coefficient (Wildman–Crippen LogP) is 3.84. The van der Waals surface area contributed by atoms with E-state index in [1.807, 2.05) is 19.9 Å². The molecule has 0 aliphatic heterocycles. The Kier molecular flexibility index (Phi) is 7.55. The molecule has 0 spiro atoms. The van der Waals surface area contributed by atoms with Gasteiger partial charge in [-0.1, -0.05) is 43.2 Å². The maximum atomic E-state index is 12.9. The first-order chi connectivity index (χ1) is 14.9. The van der Waals surface area contributed by atoms with Crippen molar-refractivity contribution in [3.05, 3.63) is 59.7 Å². The average molecular weight is 425 g/mol. The number of hydrogen-bond donors (Lipinski definition) is 2. The van der Waals surface area contributed by atoms with Gasteiger partial charge in [0.05, 0.1) is 7.11 Å². The number of benzene rings is 2. The molecule has 3 rings (SSSR count). The Morgan fingerprint density at radius 3 is 2.39 bits per heavy atom. The molecule has 2 aromatic rings. The molecule has 2 N–H and O–H groups in total. The molecule has 6 heteroatoms. The van der Waals surface area contributed by atoms with Crippen LogP contribution in [0.2, 0.25) is 0 Å². The summed E-state index contributed by atoms with van der Waals surface area (Å²) in [7, 11) is 1.51. The van der Waals surface area contributed by atoms with Crippen LogP contribution in [0.5, 0.6) is 11.5 Å². The largest absolute Gasteiger partial charge is 0.493 e. The van der Waals surface area contributed by atoms with E-state index in [9.17, 15) is 9.59 Å². The van der Waals surface area contributed by atoms with Crippen LogP contribution in [-0.4, -0.2) is 38.1 Å². The summed E-state index contributed by atoms with van der Waals surface area (Å²) in [6.45, 7) is 4.27. The SMILES string of the molecule is COc1cc(C(=O)NCC2(c3ccccc3)CCCC2)ccc1OCC(=O)NC(C)C. The van der Waals surface area contributed by atoms with Crippen LogP contribution in [0.15, 0.2) is 48.5 Å². The van der Waals surface area contributed by atoms with Gasteiger partial charge in [0.1, 0.15) is 0 Å². The molecule has 0 bridgehead atoms. The third-order valence-corrected chi connectivity index (χ3v) is 5.77. The van der Waals surface area contributed by atoms with Crippen LogP contribution < -0.4 is 20.1 Å². The number of nitrogens with one attached hydrogen (secondary N) is 2. The van der Waals surface area contributed by atoms with E-state index in [0.29, 0.717) is 23.6 Å². The van der Waals surface area contributed by atoms with Crippen LogP contribution in [0.4, 0.5) is 0 Å². The molecule has 1 aliphatic carbocycles. The molecule has 1 aliphatic rings. The monoisotopic (exact) mass is 424 g/mol. The van der Waals surface area contributed by atoms with E-state index >= 15 is 0 Å². The molecule has 2 amide bonds. The van der Waals surface area contributed by atoms with Crippen molar-refractivity contribution < 1.29 is 19.1 Å². The molecule has 1 saturated carbocycles. The minimum Gasteiger partial charge on any atom is -0.493 e. The number of carbonyl (C=O) groups is 2. The van der Waals surface area contributed by atoms with E-state index in [-0.39, 0.29) is 29.9 Å². The first kappa shape index (κ1) is 22.7. The highest BCUT2D eigenvalue weighted by Gasteiger charge is 2.35. The van der Waals surface area contributed by atoms with Gasteiger partial charge in [0.2, 0.25) is 0 Å². The van der Waals surface area contributed by atoms with Gasteiger partial charge in [0.15, 0.2) is 18.1 Å². The third-order valence-electron chi connectivity index (χ3n) is 5.77. The Labute approximate surface area is 184 Å². The molecule has 6 nitrogen and oxygen atoms in total. The summed E-state index contributed by atoms with van der Waals surface area (Å²) in [5.41, 5.74) is 1.78. The summed E-state index contributed by atoms with van der Waals surface area (Å²) in [5.74, 6) is 0.490. The summed E-state index contributed by atoms with van der Waals surface area (Å²) in [6, 6.07) is 15.5. The van der Waals surface area contributed by atoms with Gasteiger partial charge >= 0.3 is 0 Å². The molecular weight excluding hydrogens is 392 g/mol. The molecule has 1 fully saturated rings. The first-order valence-corrected chi connectivity index (χ1v) is 10.9. The van der Waals surface area contributed by atoms with Crippen molar-refractivity contribution in [1.82, 2.24) is 10.6 Å². The van der Waals surface area contributed by atoms with E-state index in [2.05, 4.69) is 34.9 Å². The minimum absolute atomic E-state index is 0.00612. The van der Waals surface area contributed by atoms with E-state index in [1.54, 1.807) is 18.2 Å². The first-order valence-electron chi connectivity index (χ1n) is 10.9. The maximum Gasteiger partial charge on any atom is 0.258 e. The third kappa shape index (κ3) is 5.78. The molecule has 0 heterocycles. The molecule has 0 saturated heterocycles. The highest BCUT2D eigenvalue weighted by atomic mass is 16.5. The second-order valence-electron chi connectivity index (χ2n) is 8.41. The Hall–Kier alpha value is -3.02. The van der Waals surface area contributed by atoms with Gasteiger partial charge in [-0.2, -0.15) is 0 Å². The second-order valence-corrected chi connectivity index (χ2v) is 8.41. The standard InChI is InChI=1S/C25H32N2O4/c1-18(2)27-23(28)16-31-21-12-11-19(15-22(21)30-3)24(29)26-17-25(13-7-8-14-25)20-9-5-4-6-10-20/h4-6,9-12,15,18H,7-8,13-14,16-17H2,1-3H3,(H,26,29)(H,27,28). The lowest BCUT2D eigenvalue weighted by atomic mass is 9.79. The van der Waals surface area contributed by atoms with Crippen LogP contribution >= 0.6 is 0 Å². The lowest BCUT2D eigenvalue weighted by molar-refractivity contribution is -0.123. The fourth-order valence-corrected chi connectivity index (χ4v) is 4.20. The van der Waals surface area contributed by atoms with Crippen LogP contribution in [-0.2, 0) is 10.2 Å². The Morgan fingerprint density at radius 1 is 1.03 bits per heavy atom. The normalized spacial score (nSPS) is 14.8. The van der Waals surface area contributed by atoms with E-state index < -0.39 is 0 Å². The van der Waals surface area contributed by atoms with E-state index in [0.717, 1.165) is 12.8 Å². The summed E-state index contributed by atoms with van der Waals surface area (Å²) in [6.07, 6.45) is 4.50. The van der Waals surface area contributed by atoms with E-state index in [4.69, 9.17) is 9.47 Å². The second kappa shape index (κ2) is 10.3. The van der Waals surface area contributed by atoms with Crippen molar-refractivity contribution in [2.45, 2.75) is 51.0 Å². The quantitative estimate of drug-likeness (QED) is 0.641. The van der Waals surface area contributed by atoms with Gasteiger partial charge in [-0.25, -0.2) is 0 Å². The Morgan fingerprint density at radius 2 is 1.74 bits per heavy atom. The number of amides is 2. The number of hydrogen-bond acceptors (Lipinski definition) is 4. The molecule has 0 unspecified atom stereocenters. The minimum atomic E-state index is -0.207. The lowest BCUT2D eigenvalue weighted by Crippen LogP contribution is -2.39. The van der Waals surface area contributed by atoms with Gasteiger partial charge < -0.3 is 20.1 Å². The summed E-state index contributed by atoms with van der Waals surface area (Å²) < 4.78 is 11.0. The van der Waals surface area contributed by atoms with Gasteiger partial charge in [0.25, 0.3) is 11.8 Å². The molecule has 31 heavy (non-hydrogen) atoms. The van der Waals surface area contributed by atoms with Crippen LogP contribution in [0.3, 0.4) is 0 Å². The topological polar surface area (TPSA) is 76.7 Å². The number of ether oxygens (including phenoxy) is 2. The lowest BCUT2D eigenvalue weighted by Gasteiger charge is -2.30. The van der Waals surface area contributed by atoms with Crippen LogP contribution in [0.1, 0.15) is 55.5 Å². The molecule has 0 aromatic heterocycles. The smallest absolute Gasteiger partial charge is 0.258 e. The average Bonchev–Trinajstić information content (AvgIpc) is 3.26. The van der Waals surface area contributed by atoms with Crippen LogP contribution in [0.25, 0.3) is 0 Å². The van der Waals surface area contributed by atoms with Gasteiger partial charge in [0, 0.05) is 23.6 Å². The summed E-state index contributed by atoms with van der Waals surface area (Å²) in [4.78, 5) is 24.7. The highest BCUT2D eigenvalue weighted by Crippen LogP contribution is 2.40. The number of methoxy groups -OCH3 is 1. The van der Waals surface area contributed by atoms with Crippen LogP contribution in [0, 0.1) is 0 Å². The fourth-order valence-electron chi connectivity index (χ4n) is 4.20. The number of carbonyl (C=O) groups excluding carboxylic acids is 2. The summed E-state index contributed by atoms with van der Waals surface area (Å²) >= 11 is 0. The highest BCUT2D eigenvalue weighted by molar-refractivity contribution is 5.95. The fraction of sp³-hybridized carbons (Fsp3) is 0.440.